The first-order valence-electron chi connectivity index (χ1n) is 13.0. The number of carbonyl (C=O) groups is 1. The summed E-state index contributed by atoms with van der Waals surface area (Å²) in [4.78, 5) is 12.8. The molecule has 10 heteroatoms. The van der Waals surface area contributed by atoms with E-state index < -0.39 is 0 Å². The average molecular weight is 578 g/mol. The van der Waals surface area contributed by atoms with Crippen LogP contribution in [0.5, 0.6) is 23.0 Å². The van der Waals surface area contributed by atoms with Gasteiger partial charge in [0.05, 0.1) is 31.2 Å². The number of ether oxygens (including phenoxy) is 3. The number of para-hydroxylation sites is 2. The van der Waals surface area contributed by atoms with Crippen molar-refractivity contribution in [3.8, 4) is 34.8 Å². The molecule has 5 rings (SSSR count). The predicted molar refractivity (Wildman–Crippen MR) is 161 cm³/mol. The Labute approximate surface area is 247 Å². The third-order valence-corrected chi connectivity index (χ3v) is 7.17. The maximum absolute atomic E-state index is 12.8. The number of methoxy groups -OCH3 is 2. The van der Waals surface area contributed by atoms with Crippen molar-refractivity contribution < 1.29 is 19.0 Å². The first-order chi connectivity index (χ1) is 20.6. The van der Waals surface area contributed by atoms with Crippen molar-refractivity contribution in [3.63, 3.8) is 0 Å². The molecule has 0 unspecified atom stereocenters. The Morgan fingerprint density at radius 1 is 0.881 bits per heavy atom. The van der Waals surface area contributed by atoms with E-state index in [0.717, 1.165) is 17.0 Å². The van der Waals surface area contributed by atoms with Crippen LogP contribution in [-0.2, 0) is 11.2 Å². The van der Waals surface area contributed by atoms with Crippen molar-refractivity contribution in [2.75, 3.05) is 25.3 Å². The summed E-state index contributed by atoms with van der Waals surface area (Å²) in [5.41, 5.74) is 2.63. The van der Waals surface area contributed by atoms with Crippen LogP contribution in [0.4, 0.5) is 5.69 Å². The Bertz CT molecular complexity index is 1720. The van der Waals surface area contributed by atoms with Crippen LogP contribution in [0.1, 0.15) is 17.0 Å². The molecule has 0 bridgehead atoms. The number of thioether (sulfide) groups is 1. The molecule has 9 nitrogen and oxygen atoms in total. The minimum atomic E-state index is -0.259. The molecule has 1 aromatic heterocycles. The predicted octanol–water partition coefficient (Wildman–Crippen LogP) is 6.27. The first kappa shape index (κ1) is 28.3. The molecular formula is C32H27N5O4S. The molecule has 4 aromatic carbocycles. The smallest absolute Gasteiger partial charge is 0.234 e. The van der Waals surface area contributed by atoms with Crippen LogP contribution in [0.15, 0.2) is 102 Å². The number of nitrogens with zero attached hydrogens (tertiary/aromatic N) is 4. The fraction of sp³-hybridized carbons (Fsp3) is 0.125. The van der Waals surface area contributed by atoms with Gasteiger partial charge in [0.1, 0.15) is 23.4 Å². The molecule has 0 spiro atoms. The number of hydrogen-bond donors (Lipinski definition) is 1. The number of nitrogens with one attached hydrogen (secondary N) is 1. The molecule has 0 saturated heterocycles. The van der Waals surface area contributed by atoms with Gasteiger partial charge in [0.15, 0.2) is 16.7 Å². The molecular weight excluding hydrogens is 550 g/mol. The van der Waals surface area contributed by atoms with E-state index in [-0.39, 0.29) is 11.7 Å². The molecule has 5 aromatic rings. The van der Waals surface area contributed by atoms with Crippen LogP contribution in [0.3, 0.4) is 0 Å². The van der Waals surface area contributed by atoms with Crippen LogP contribution >= 0.6 is 11.8 Å². The fourth-order valence-electron chi connectivity index (χ4n) is 4.23. The van der Waals surface area contributed by atoms with Crippen LogP contribution in [0, 0.1) is 11.3 Å². The normalized spacial score (nSPS) is 10.5. The summed E-state index contributed by atoms with van der Waals surface area (Å²) in [5, 5.41) is 21.6. The molecule has 0 radical (unpaired) electrons. The molecule has 1 N–H and O–H groups in total. The maximum Gasteiger partial charge on any atom is 0.234 e. The van der Waals surface area contributed by atoms with Gasteiger partial charge in [-0.05, 0) is 66.2 Å². The zero-order chi connectivity index (χ0) is 29.3. The summed E-state index contributed by atoms with van der Waals surface area (Å²) in [6.07, 6.45) is 0.456. The van der Waals surface area contributed by atoms with Crippen LogP contribution in [0.2, 0.25) is 0 Å². The van der Waals surface area contributed by atoms with Crippen molar-refractivity contribution >= 4 is 23.4 Å². The molecule has 0 fully saturated rings. The minimum Gasteiger partial charge on any atom is -0.493 e. The monoisotopic (exact) mass is 577 g/mol. The van der Waals surface area contributed by atoms with E-state index >= 15 is 0 Å². The quantitative estimate of drug-likeness (QED) is 0.183. The number of benzene rings is 4. The van der Waals surface area contributed by atoms with E-state index in [2.05, 4.69) is 21.6 Å². The van der Waals surface area contributed by atoms with E-state index in [9.17, 15) is 10.1 Å². The Morgan fingerprint density at radius 2 is 1.60 bits per heavy atom. The third kappa shape index (κ3) is 6.71. The van der Waals surface area contributed by atoms with Gasteiger partial charge in [-0.2, -0.15) is 5.26 Å². The summed E-state index contributed by atoms with van der Waals surface area (Å²) >= 11 is 1.25. The summed E-state index contributed by atoms with van der Waals surface area (Å²) in [7, 11) is 3.19. The topological polar surface area (TPSA) is 111 Å². The zero-order valence-electron chi connectivity index (χ0n) is 23.0. The number of carbonyl (C=O) groups excluding carboxylic acids is 1. The molecule has 0 atom stereocenters. The first-order valence-corrected chi connectivity index (χ1v) is 14.0. The van der Waals surface area contributed by atoms with E-state index in [1.54, 1.807) is 38.5 Å². The molecule has 210 valence electrons. The molecule has 1 heterocycles. The maximum atomic E-state index is 12.8. The van der Waals surface area contributed by atoms with E-state index in [4.69, 9.17) is 14.2 Å². The van der Waals surface area contributed by atoms with Gasteiger partial charge in [0, 0.05) is 12.1 Å². The van der Waals surface area contributed by atoms with Crippen molar-refractivity contribution in [3.05, 3.63) is 114 Å². The summed E-state index contributed by atoms with van der Waals surface area (Å²) < 4.78 is 18.7. The SMILES string of the molecule is COc1ccc(Cc2nnc(SCC(=O)Nc3ccccc3C#N)n2-c2ccc(Oc3ccccc3)cc2)cc1OC. The van der Waals surface area contributed by atoms with Crippen LogP contribution in [-0.4, -0.2) is 40.6 Å². The van der Waals surface area contributed by atoms with E-state index in [1.807, 2.05) is 77.4 Å². The van der Waals surface area contributed by atoms with Gasteiger partial charge in [-0.25, -0.2) is 0 Å². The third-order valence-electron chi connectivity index (χ3n) is 6.24. The van der Waals surface area contributed by atoms with Gasteiger partial charge in [-0.3, -0.25) is 9.36 Å². The number of nitriles is 1. The van der Waals surface area contributed by atoms with Crippen molar-refractivity contribution in [2.45, 2.75) is 11.6 Å². The summed E-state index contributed by atoms with van der Waals surface area (Å²) in [6.45, 7) is 0. The summed E-state index contributed by atoms with van der Waals surface area (Å²) in [6, 6.07) is 31.8. The van der Waals surface area contributed by atoms with Gasteiger partial charge in [0.2, 0.25) is 5.91 Å². The Morgan fingerprint density at radius 3 is 2.33 bits per heavy atom. The van der Waals surface area contributed by atoms with Gasteiger partial charge >= 0.3 is 0 Å². The lowest BCUT2D eigenvalue weighted by atomic mass is 10.1. The molecule has 0 aliphatic carbocycles. The number of aromatic nitrogens is 3. The molecule has 0 aliphatic rings. The number of rotatable bonds is 11. The Hall–Kier alpha value is -5.27. The van der Waals surface area contributed by atoms with Gasteiger partial charge in [0.25, 0.3) is 0 Å². The van der Waals surface area contributed by atoms with Gasteiger partial charge in [-0.15, -0.1) is 10.2 Å². The fourth-order valence-corrected chi connectivity index (χ4v) is 5.01. The number of amides is 1. The second-order valence-corrected chi connectivity index (χ2v) is 9.95. The zero-order valence-corrected chi connectivity index (χ0v) is 23.8. The molecule has 42 heavy (non-hydrogen) atoms. The lowest BCUT2D eigenvalue weighted by molar-refractivity contribution is -0.113. The Kier molecular flexibility index (Phi) is 9.01. The highest BCUT2D eigenvalue weighted by Crippen LogP contribution is 2.30. The van der Waals surface area contributed by atoms with Gasteiger partial charge < -0.3 is 19.5 Å². The van der Waals surface area contributed by atoms with E-state index in [0.29, 0.717) is 45.9 Å². The largest absolute Gasteiger partial charge is 0.493 e. The number of hydrogen-bond acceptors (Lipinski definition) is 8. The molecule has 1 amide bonds. The average Bonchev–Trinajstić information content (AvgIpc) is 3.43. The minimum absolute atomic E-state index is 0.0729. The second kappa shape index (κ2) is 13.4. The highest BCUT2D eigenvalue weighted by Gasteiger charge is 2.18. The van der Waals surface area contributed by atoms with Crippen LogP contribution < -0.4 is 19.5 Å². The standard InChI is InChI=1S/C32H27N5O4S/c1-39-28-17-12-22(18-29(28)40-2)19-30-35-36-32(42-21-31(38)34-27-11-7-6-8-23(27)20-33)37(30)24-13-15-26(16-14-24)41-25-9-4-3-5-10-25/h3-18H,19,21H2,1-2H3,(H,34,38). The lowest BCUT2D eigenvalue weighted by Gasteiger charge is -2.13. The molecule has 0 aliphatic heterocycles. The van der Waals surface area contributed by atoms with Gasteiger partial charge in [-0.1, -0.05) is 48.2 Å². The van der Waals surface area contributed by atoms with Crippen LogP contribution in [0.25, 0.3) is 5.69 Å². The number of anilines is 1. The lowest BCUT2D eigenvalue weighted by Crippen LogP contribution is -2.15. The highest BCUT2D eigenvalue weighted by atomic mass is 32.2. The highest BCUT2D eigenvalue weighted by molar-refractivity contribution is 7.99. The molecule has 0 saturated carbocycles. The van der Waals surface area contributed by atoms with Crippen molar-refractivity contribution in [1.29, 1.82) is 5.26 Å². The van der Waals surface area contributed by atoms with E-state index in [1.165, 1.54) is 11.8 Å². The Balaban J connectivity index is 1.41. The van der Waals surface area contributed by atoms with Crippen molar-refractivity contribution in [2.24, 2.45) is 0 Å². The van der Waals surface area contributed by atoms with Crippen molar-refractivity contribution in [1.82, 2.24) is 14.8 Å². The second-order valence-electron chi connectivity index (χ2n) is 9.00. The summed E-state index contributed by atoms with van der Waals surface area (Å²) in [5.74, 6) is 3.17.